The van der Waals surface area contributed by atoms with Crippen LogP contribution >= 0.6 is 0 Å². The molecule has 2 fully saturated rings. The van der Waals surface area contributed by atoms with E-state index in [1.165, 1.54) is 31.2 Å². The zero-order chi connectivity index (χ0) is 19.2. The van der Waals surface area contributed by atoms with Gasteiger partial charge in [0.15, 0.2) is 0 Å². The molecule has 0 radical (unpaired) electrons. The van der Waals surface area contributed by atoms with Crippen molar-refractivity contribution in [3.8, 4) is 0 Å². The van der Waals surface area contributed by atoms with E-state index in [4.69, 9.17) is 0 Å². The van der Waals surface area contributed by atoms with Crippen LogP contribution in [0.5, 0.6) is 0 Å². The fourth-order valence-electron chi connectivity index (χ4n) is 4.18. The van der Waals surface area contributed by atoms with Crippen LogP contribution in [0.25, 0.3) is 0 Å². The number of nitrogens with zero attached hydrogens (tertiary/aromatic N) is 4. The third-order valence-electron chi connectivity index (χ3n) is 5.85. The van der Waals surface area contributed by atoms with E-state index in [0.29, 0.717) is 0 Å². The van der Waals surface area contributed by atoms with Crippen LogP contribution in [-0.4, -0.2) is 60.0 Å². The number of anilines is 1. The number of rotatable bonds is 4. The smallest absolute Gasteiger partial charge is 0.255 e. The first-order valence-electron chi connectivity index (χ1n) is 10.6. The van der Waals surface area contributed by atoms with Gasteiger partial charge in [-0.3, -0.25) is 14.7 Å². The standard InChI is InChI=1S/C23H30N4O/c28-23(21-16-22(18-24-17-21)26-10-6-1-2-7-11-26)27-14-12-25(13-15-27)19-20-8-4-3-5-9-20/h3-5,8-9,16-18H,1-2,6-7,10-15,19H2. The Labute approximate surface area is 168 Å². The summed E-state index contributed by atoms with van der Waals surface area (Å²) < 4.78 is 0. The number of pyridine rings is 1. The molecule has 1 amide bonds. The Morgan fingerprint density at radius 1 is 0.857 bits per heavy atom. The molecule has 0 spiro atoms. The maximum absolute atomic E-state index is 13.0. The van der Waals surface area contributed by atoms with Gasteiger partial charge in [0.05, 0.1) is 17.4 Å². The van der Waals surface area contributed by atoms with Crippen LogP contribution in [0.2, 0.25) is 0 Å². The van der Waals surface area contributed by atoms with Gasteiger partial charge in [0.25, 0.3) is 5.91 Å². The Bertz CT molecular complexity index is 763. The molecule has 0 N–H and O–H groups in total. The molecule has 2 aliphatic rings. The highest BCUT2D eigenvalue weighted by molar-refractivity contribution is 5.94. The molecule has 0 saturated carbocycles. The van der Waals surface area contributed by atoms with E-state index < -0.39 is 0 Å². The summed E-state index contributed by atoms with van der Waals surface area (Å²) in [7, 11) is 0. The lowest BCUT2D eigenvalue weighted by Gasteiger charge is -2.35. The zero-order valence-electron chi connectivity index (χ0n) is 16.6. The van der Waals surface area contributed by atoms with Crippen LogP contribution < -0.4 is 4.90 Å². The van der Waals surface area contributed by atoms with Crippen molar-refractivity contribution in [2.75, 3.05) is 44.2 Å². The largest absolute Gasteiger partial charge is 0.370 e. The van der Waals surface area contributed by atoms with Gasteiger partial charge in [-0.15, -0.1) is 0 Å². The quantitative estimate of drug-likeness (QED) is 0.817. The van der Waals surface area contributed by atoms with E-state index in [1.54, 1.807) is 6.20 Å². The van der Waals surface area contributed by atoms with Crippen LogP contribution in [0.3, 0.4) is 0 Å². The molecule has 0 unspecified atom stereocenters. The van der Waals surface area contributed by atoms with E-state index in [0.717, 1.165) is 57.1 Å². The molecule has 1 aromatic carbocycles. The number of aromatic nitrogens is 1. The number of carbonyl (C=O) groups excluding carboxylic acids is 1. The molecule has 1 aromatic heterocycles. The van der Waals surface area contributed by atoms with Gasteiger partial charge >= 0.3 is 0 Å². The second-order valence-corrected chi connectivity index (χ2v) is 7.89. The van der Waals surface area contributed by atoms with Gasteiger partial charge in [-0.25, -0.2) is 0 Å². The molecule has 4 rings (SSSR count). The summed E-state index contributed by atoms with van der Waals surface area (Å²) in [5.41, 5.74) is 3.14. The molecule has 2 aliphatic heterocycles. The van der Waals surface area contributed by atoms with Gasteiger partial charge in [0.1, 0.15) is 0 Å². The SMILES string of the molecule is O=C(c1cncc(N2CCCCCC2)c1)N1CCN(Cc2ccccc2)CC1. The Morgan fingerprint density at radius 2 is 1.57 bits per heavy atom. The lowest BCUT2D eigenvalue weighted by molar-refractivity contribution is 0.0628. The molecule has 3 heterocycles. The fraction of sp³-hybridized carbons (Fsp3) is 0.478. The van der Waals surface area contributed by atoms with Crippen molar-refractivity contribution < 1.29 is 4.79 Å². The summed E-state index contributed by atoms with van der Waals surface area (Å²) in [6.07, 6.45) is 8.68. The summed E-state index contributed by atoms with van der Waals surface area (Å²) in [6, 6.07) is 12.6. The van der Waals surface area contributed by atoms with E-state index in [-0.39, 0.29) is 5.91 Å². The molecule has 5 nitrogen and oxygen atoms in total. The predicted molar refractivity (Wildman–Crippen MR) is 113 cm³/mol. The fourth-order valence-corrected chi connectivity index (χ4v) is 4.18. The normalized spacial score (nSPS) is 18.7. The van der Waals surface area contributed by atoms with Crippen molar-refractivity contribution in [2.45, 2.75) is 32.2 Å². The van der Waals surface area contributed by atoms with Crippen molar-refractivity contribution in [3.05, 3.63) is 59.9 Å². The molecule has 2 saturated heterocycles. The maximum atomic E-state index is 13.0. The van der Waals surface area contributed by atoms with Crippen LogP contribution in [0, 0.1) is 0 Å². The summed E-state index contributed by atoms with van der Waals surface area (Å²) >= 11 is 0. The second kappa shape index (κ2) is 9.20. The first-order valence-corrected chi connectivity index (χ1v) is 10.6. The Hall–Kier alpha value is -2.40. The molecule has 0 aliphatic carbocycles. The van der Waals surface area contributed by atoms with Crippen molar-refractivity contribution in [1.82, 2.24) is 14.8 Å². The minimum absolute atomic E-state index is 0.114. The molecule has 28 heavy (non-hydrogen) atoms. The summed E-state index contributed by atoms with van der Waals surface area (Å²) in [5.74, 6) is 0.114. The van der Waals surface area contributed by atoms with Gasteiger partial charge in [-0.2, -0.15) is 0 Å². The summed E-state index contributed by atoms with van der Waals surface area (Å²) in [5, 5.41) is 0. The lowest BCUT2D eigenvalue weighted by atomic mass is 10.1. The van der Waals surface area contributed by atoms with Gasteiger partial charge in [0, 0.05) is 52.0 Å². The van der Waals surface area contributed by atoms with Crippen LogP contribution in [-0.2, 0) is 6.54 Å². The summed E-state index contributed by atoms with van der Waals surface area (Å²) in [6.45, 7) is 6.48. The van der Waals surface area contributed by atoms with E-state index in [2.05, 4.69) is 39.0 Å². The molecule has 148 valence electrons. The Morgan fingerprint density at radius 3 is 2.29 bits per heavy atom. The monoisotopic (exact) mass is 378 g/mol. The van der Waals surface area contributed by atoms with Crippen LogP contribution in [0.1, 0.15) is 41.6 Å². The lowest BCUT2D eigenvalue weighted by Crippen LogP contribution is -2.48. The Balaban J connectivity index is 1.35. The van der Waals surface area contributed by atoms with Crippen molar-refractivity contribution >= 4 is 11.6 Å². The highest BCUT2D eigenvalue weighted by Crippen LogP contribution is 2.21. The predicted octanol–water partition coefficient (Wildman–Crippen LogP) is 3.42. The number of piperazine rings is 1. The molecule has 5 heteroatoms. The number of amides is 1. The minimum atomic E-state index is 0.114. The maximum Gasteiger partial charge on any atom is 0.255 e. The summed E-state index contributed by atoms with van der Waals surface area (Å²) in [4.78, 5) is 24.2. The van der Waals surface area contributed by atoms with Crippen LogP contribution in [0.15, 0.2) is 48.8 Å². The van der Waals surface area contributed by atoms with Crippen molar-refractivity contribution in [3.63, 3.8) is 0 Å². The number of carbonyl (C=O) groups is 1. The topological polar surface area (TPSA) is 39.7 Å². The van der Waals surface area contributed by atoms with E-state index in [9.17, 15) is 4.79 Å². The molecule has 0 bridgehead atoms. The number of hydrogen-bond acceptors (Lipinski definition) is 4. The zero-order valence-corrected chi connectivity index (χ0v) is 16.6. The molecule has 2 aromatic rings. The molecular weight excluding hydrogens is 348 g/mol. The minimum Gasteiger partial charge on any atom is -0.370 e. The highest BCUT2D eigenvalue weighted by atomic mass is 16.2. The Kier molecular flexibility index (Phi) is 6.22. The first-order chi connectivity index (χ1) is 13.8. The average molecular weight is 379 g/mol. The molecule has 0 atom stereocenters. The third kappa shape index (κ3) is 4.71. The highest BCUT2D eigenvalue weighted by Gasteiger charge is 2.23. The second-order valence-electron chi connectivity index (χ2n) is 7.89. The van der Waals surface area contributed by atoms with E-state index >= 15 is 0 Å². The van der Waals surface area contributed by atoms with E-state index in [1.807, 2.05) is 23.2 Å². The van der Waals surface area contributed by atoms with Crippen LogP contribution in [0.4, 0.5) is 5.69 Å². The number of benzene rings is 1. The first kappa shape index (κ1) is 18.9. The van der Waals surface area contributed by atoms with Crippen molar-refractivity contribution in [1.29, 1.82) is 0 Å². The van der Waals surface area contributed by atoms with Gasteiger partial charge in [-0.05, 0) is 24.5 Å². The molecular formula is C23H30N4O. The third-order valence-corrected chi connectivity index (χ3v) is 5.85. The van der Waals surface area contributed by atoms with Gasteiger partial charge in [0.2, 0.25) is 0 Å². The average Bonchev–Trinajstić information content (AvgIpc) is 3.04. The van der Waals surface area contributed by atoms with Gasteiger partial charge < -0.3 is 9.80 Å². The van der Waals surface area contributed by atoms with Gasteiger partial charge in [-0.1, -0.05) is 43.2 Å². The van der Waals surface area contributed by atoms with Crippen molar-refractivity contribution in [2.24, 2.45) is 0 Å². The number of hydrogen-bond donors (Lipinski definition) is 0.